The van der Waals surface area contributed by atoms with Crippen molar-refractivity contribution in [3.8, 4) is 5.75 Å². The zero-order valence-corrected chi connectivity index (χ0v) is 15.4. The summed E-state index contributed by atoms with van der Waals surface area (Å²) in [5.74, 6) is 0.493. The van der Waals surface area contributed by atoms with Gasteiger partial charge in [-0.2, -0.15) is 0 Å². The fourth-order valence-electron chi connectivity index (χ4n) is 3.85. The van der Waals surface area contributed by atoms with Crippen LogP contribution in [0.1, 0.15) is 19.3 Å². The molecule has 0 unspecified atom stereocenters. The SMILES string of the molecule is COc1ccccc1N1CCN(CC(=O)N2CCCC[C@@H]2C(N)=O)CC1. The lowest BCUT2D eigenvalue weighted by molar-refractivity contribution is -0.142. The number of anilines is 1. The number of likely N-dealkylation sites (tertiary alicyclic amines) is 1. The highest BCUT2D eigenvalue weighted by Gasteiger charge is 2.31. The number of piperazine rings is 1. The molecule has 7 nitrogen and oxygen atoms in total. The first kappa shape index (κ1) is 18.5. The fourth-order valence-corrected chi connectivity index (χ4v) is 3.85. The number of para-hydroxylation sites is 2. The van der Waals surface area contributed by atoms with Crippen LogP contribution in [0.4, 0.5) is 5.69 Å². The molecule has 0 aliphatic carbocycles. The van der Waals surface area contributed by atoms with E-state index in [1.807, 2.05) is 18.2 Å². The number of nitrogens with two attached hydrogens (primary N) is 1. The Morgan fingerprint density at radius 1 is 1.12 bits per heavy atom. The van der Waals surface area contributed by atoms with Gasteiger partial charge in [-0.1, -0.05) is 12.1 Å². The third-order valence-electron chi connectivity index (χ3n) is 5.31. The molecule has 142 valence electrons. The van der Waals surface area contributed by atoms with Gasteiger partial charge in [0.2, 0.25) is 11.8 Å². The highest BCUT2D eigenvalue weighted by molar-refractivity contribution is 5.87. The first-order valence-electron chi connectivity index (χ1n) is 9.29. The van der Waals surface area contributed by atoms with Crippen molar-refractivity contribution in [1.29, 1.82) is 0 Å². The number of hydrogen-bond donors (Lipinski definition) is 1. The Hall–Kier alpha value is -2.28. The van der Waals surface area contributed by atoms with Crippen molar-refractivity contribution in [3.05, 3.63) is 24.3 Å². The van der Waals surface area contributed by atoms with Gasteiger partial charge in [0.25, 0.3) is 0 Å². The summed E-state index contributed by atoms with van der Waals surface area (Å²) in [5.41, 5.74) is 6.56. The van der Waals surface area contributed by atoms with Crippen LogP contribution in [-0.4, -0.2) is 74.0 Å². The smallest absolute Gasteiger partial charge is 0.240 e. The van der Waals surface area contributed by atoms with Crippen molar-refractivity contribution >= 4 is 17.5 Å². The number of carbonyl (C=O) groups is 2. The maximum absolute atomic E-state index is 12.7. The van der Waals surface area contributed by atoms with Crippen LogP contribution in [0.25, 0.3) is 0 Å². The number of benzene rings is 1. The van der Waals surface area contributed by atoms with Gasteiger partial charge in [0.15, 0.2) is 0 Å². The minimum atomic E-state index is -0.439. The van der Waals surface area contributed by atoms with Gasteiger partial charge in [-0.3, -0.25) is 14.5 Å². The molecule has 2 saturated heterocycles. The Morgan fingerprint density at radius 2 is 1.85 bits per heavy atom. The monoisotopic (exact) mass is 360 g/mol. The maximum atomic E-state index is 12.7. The van der Waals surface area contributed by atoms with E-state index in [0.717, 1.165) is 50.5 Å². The van der Waals surface area contributed by atoms with Crippen molar-refractivity contribution < 1.29 is 14.3 Å². The maximum Gasteiger partial charge on any atom is 0.240 e. The standard InChI is InChI=1S/C19H28N4O3/c1-26-17-8-3-2-6-15(17)22-12-10-21(11-13-22)14-18(24)23-9-5-4-7-16(23)19(20)25/h2-3,6,8,16H,4-5,7,9-14H2,1H3,(H2,20,25)/t16-/m1/s1. The Balaban J connectivity index is 1.55. The van der Waals surface area contributed by atoms with Crippen molar-refractivity contribution in [1.82, 2.24) is 9.80 Å². The van der Waals surface area contributed by atoms with Crippen LogP contribution in [0, 0.1) is 0 Å². The lowest BCUT2D eigenvalue weighted by Gasteiger charge is -2.39. The zero-order valence-electron chi connectivity index (χ0n) is 15.4. The summed E-state index contributed by atoms with van der Waals surface area (Å²) in [5, 5.41) is 0. The average molecular weight is 360 g/mol. The Bertz CT molecular complexity index is 643. The van der Waals surface area contributed by atoms with Crippen LogP contribution in [0.15, 0.2) is 24.3 Å². The van der Waals surface area contributed by atoms with E-state index in [-0.39, 0.29) is 11.8 Å². The second-order valence-electron chi connectivity index (χ2n) is 6.94. The number of nitrogens with zero attached hydrogens (tertiary/aromatic N) is 3. The third-order valence-corrected chi connectivity index (χ3v) is 5.31. The average Bonchev–Trinajstić information content (AvgIpc) is 2.68. The van der Waals surface area contributed by atoms with Gasteiger partial charge in [-0.05, 0) is 31.4 Å². The normalized spacial score (nSPS) is 21.5. The van der Waals surface area contributed by atoms with Gasteiger partial charge in [0, 0.05) is 32.7 Å². The van der Waals surface area contributed by atoms with Gasteiger partial charge in [-0.25, -0.2) is 0 Å². The van der Waals surface area contributed by atoms with E-state index in [1.54, 1.807) is 12.0 Å². The molecule has 0 aromatic heterocycles. The van der Waals surface area contributed by atoms with Gasteiger partial charge < -0.3 is 20.3 Å². The molecular formula is C19H28N4O3. The number of piperidine rings is 1. The van der Waals surface area contributed by atoms with Crippen molar-refractivity contribution in [2.75, 3.05) is 51.3 Å². The number of primary amides is 1. The van der Waals surface area contributed by atoms with Gasteiger partial charge in [0.05, 0.1) is 19.3 Å². The van der Waals surface area contributed by atoms with Gasteiger partial charge >= 0.3 is 0 Å². The van der Waals surface area contributed by atoms with E-state index in [4.69, 9.17) is 10.5 Å². The quantitative estimate of drug-likeness (QED) is 0.836. The molecule has 1 aromatic carbocycles. The van der Waals surface area contributed by atoms with Gasteiger partial charge in [0.1, 0.15) is 11.8 Å². The molecule has 2 heterocycles. The Morgan fingerprint density at radius 3 is 2.54 bits per heavy atom. The highest BCUT2D eigenvalue weighted by Crippen LogP contribution is 2.28. The molecule has 0 radical (unpaired) electrons. The van der Waals surface area contributed by atoms with Crippen molar-refractivity contribution in [3.63, 3.8) is 0 Å². The molecule has 2 fully saturated rings. The summed E-state index contributed by atoms with van der Waals surface area (Å²) in [7, 11) is 1.68. The highest BCUT2D eigenvalue weighted by atomic mass is 16.5. The minimum absolute atomic E-state index is 0.0132. The molecule has 26 heavy (non-hydrogen) atoms. The first-order valence-corrected chi connectivity index (χ1v) is 9.29. The summed E-state index contributed by atoms with van der Waals surface area (Å²) in [6, 6.07) is 7.56. The number of methoxy groups -OCH3 is 1. The largest absolute Gasteiger partial charge is 0.495 e. The number of amides is 2. The van der Waals surface area contributed by atoms with Crippen LogP contribution in [-0.2, 0) is 9.59 Å². The van der Waals surface area contributed by atoms with Crippen LogP contribution >= 0.6 is 0 Å². The third kappa shape index (κ3) is 4.09. The summed E-state index contributed by atoms with van der Waals surface area (Å²) in [6.45, 7) is 4.27. The lowest BCUT2D eigenvalue weighted by Crippen LogP contribution is -2.55. The van der Waals surface area contributed by atoms with E-state index in [1.165, 1.54) is 0 Å². The van der Waals surface area contributed by atoms with Crippen LogP contribution in [0.5, 0.6) is 5.75 Å². The molecule has 3 rings (SSSR count). The first-order chi connectivity index (χ1) is 12.6. The number of carbonyl (C=O) groups excluding carboxylic acids is 2. The van der Waals surface area contributed by atoms with E-state index in [2.05, 4.69) is 15.9 Å². The molecule has 7 heteroatoms. The fraction of sp³-hybridized carbons (Fsp3) is 0.579. The summed E-state index contributed by atoms with van der Waals surface area (Å²) in [6.07, 6.45) is 2.58. The molecule has 2 aliphatic rings. The molecule has 2 amide bonds. The van der Waals surface area contributed by atoms with Crippen molar-refractivity contribution in [2.45, 2.75) is 25.3 Å². The minimum Gasteiger partial charge on any atom is -0.495 e. The zero-order chi connectivity index (χ0) is 18.5. The van der Waals surface area contributed by atoms with E-state index in [0.29, 0.717) is 19.5 Å². The summed E-state index contributed by atoms with van der Waals surface area (Å²) in [4.78, 5) is 30.4. The van der Waals surface area contributed by atoms with Crippen LogP contribution in [0.2, 0.25) is 0 Å². The number of rotatable bonds is 5. The van der Waals surface area contributed by atoms with E-state index >= 15 is 0 Å². The van der Waals surface area contributed by atoms with Crippen LogP contribution in [0.3, 0.4) is 0 Å². The summed E-state index contributed by atoms with van der Waals surface area (Å²) < 4.78 is 5.44. The molecule has 2 aliphatic heterocycles. The Kier molecular flexibility index (Phi) is 5.98. The second-order valence-corrected chi connectivity index (χ2v) is 6.94. The second kappa shape index (κ2) is 8.40. The molecular weight excluding hydrogens is 332 g/mol. The van der Waals surface area contributed by atoms with E-state index in [9.17, 15) is 9.59 Å². The molecule has 0 saturated carbocycles. The molecule has 2 N–H and O–H groups in total. The van der Waals surface area contributed by atoms with Crippen LogP contribution < -0.4 is 15.4 Å². The lowest BCUT2D eigenvalue weighted by atomic mass is 10.0. The topological polar surface area (TPSA) is 79.1 Å². The summed E-state index contributed by atoms with van der Waals surface area (Å²) >= 11 is 0. The van der Waals surface area contributed by atoms with Gasteiger partial charge in [-0.15, -0.1) is 0 Å². The van der Waals surface area contributed by atoms with Crippen molar-refractivity contribution in [2.24, 2.45) is 5.73 Å². The number of ether oxygens (including phenoxy) is 1. The molecule has 1 aromatic rings. The number of hydrogen-bond acceptors (Lipinski definition) is 5. The van der Waals surface area contributed by atoms with E-state index < -0.39 is 6.04 Å². The predicted molar refractivity (Wildman–Crippen MR) is 100 cm³/mol. The molecule has 1 atom stereocenters. The predicted octanol–water partition coefficient (Wildman–Crippen LogP) is 0.684. The molecule has 0 spiro atoms. The molecule has 0 bridgehead atoms. The Labute approximate surface area is 154 Å².